The van der Waals surface area contributed by atoms with E-state index in [-0.39, 0.29) is 0 Å². The van der Waals surface area contributed by atoms with Gasteiger partial charge in [-0.2, -0.15) is 0 Å². The Balaban J connectivity index is 1.92. The normalized spacial score (nSPS) is 12.1. The van der Waals surface area contributed by atoms with E-state index in [0.29, 0.717) is 6.61 Å². The Kier molecular flexibility index (Phi) is 7.16. The Morgan fingerprint density at radius 1 is 0.758 bits per heavy atom. The molecule has 0 bridgehead atoms. The highest BCUT2D eigenvalue weighted by molar-refractivity contribution is 7.79. The highest BCUT2D eigenvalue weighted by Gasteiger charge is 2.38. The van der Waals surface area contributed by atoms with E-state index in [2.05, 4.69) is 5.32 Å². The third-order valence-electron chi connectivity index (χ3n) is 5.55. The number of nitrogens with one attached hydrogen (secondary N) is 1. The minimum Gasteiger partial charge on any atom is -0.497 e. The van der Waals surface area contributed by atoms with Crippen molar-refractivity contribution in [3.8, 4) is 11.5 Å². The lowest BCUT2D eigenvalue weighted by Crippen LogP contribution is -2.26. The van der Waals surface area contributed by atoms with E-state index < -0.39 is 12.9 Å². The van der Waals surface area contributed by atoms with Gasteiger partial charge in [0, 0.05) is 10.6 Å². The molecule has 4 nitrogen and oxygen atoms in total. The minimum atomic E-state index is -3.19. The van der Waals surface area contributed by atoms with Crippen LogP contribution in [0.3, 0.4) is 0 Å². The summed E-state index contributed by atoms with van der Waals surface area (Å²) in [5, 5.41) is 5.18. The van der Waals surface area contributed by atoms with Crippen molar-refractivity contribution in [3.05, 3.63) is 115 Å². The van der Waals surface area contributed by atoms with Crippen LogP contribution in [0.1, 0.15) is 18.3 Å². The lowest BCUT2D eigenvalue weighted by atomic mass is 10.2. The molecule has 0 aromatic heterocycles. The molecule has 0 aliphatic rings. The first-order chi connectivity index (χ1) is 16.2. The lowest BCUT2D eigenvalue weighted by Gasteiger charge is -2.31. The molecule has 0 radical (unpaired) electrons. The fraction of sp³-hybridized carbons (Fsp3) is 0.143. The van der Waals surface area contributed by atoms with Crippen molar-refractivity contribution in [1.29, 1.82) is 0 Å². The number of para-hydroxylation sites is 2. The van der Waals surface area contributed by atoms with Gasteiger partial charge in [0.1, 0.15) is 17.3 Å². The maximum Gasteiger partial charge on any atom is 0.168 e. The molecule has 0 aliphatic carbocycles. The minimum absolute atomic E-state index is 0.519. The number of hydrogen-bond acceptors (Lipinski definition) is 4. The van der Waals surface area contributed by atoms with Gasteiger partial charge in [0.2, 0.25) is 0 Å². The average Bonchev–Trinajstić information content (AvgIpc) is 2.89. The van der Waals surface area contributed by atoms with Crippen LogP contribution in [0.4, 0.5) is 5.69 Å². The second-order valence-corrected chi connectivity index (χ2v) is 10.4. The fourth-order valence-electron chi connectivity index (χ4n) is 3.93. The summed E-state index contributed by atoms with van der Waals surface area (Å²) < 4.78 is 26.4. The van der Waals surface area contributed by atoms with E-state index in [0.717, 1.165) is 33.4 Å². The molecule has 1 atom stereocenters. The summed E-state index contributed by atoms with van der Waals surface area (Å²) in [6, 6.07) is 34.9. The highest BCUT2D eigenvalue weighted by Crippen LogP contribution is 2.57. The van der Waals surface area contributed by atoms with Gasteiger partial charge in [0.05, 0.1) is 19.4 Å². The van der Waals surface area contributed by atoms with Gasteiger partial charge in [-0.1, -0.05) is 84.9 Å². The Bertz CT molecular complexity index is 1170. The van der Waals surface area contributed by atoms with E-state index in [4.69, 9.17) is 9.47 Å². The lowest BCUT2D eigenvalue weighted by molar-refractivity contribution is 0.341. The predicted molar refractivity (Wildman–Crippen MR) is 137 cm³/mol. The van der Waals surface area contributed by atoms with E-state index in [9.17, 15) is 0 Å². The van der Waals surface area contributed by atoms with Crippen LogP contribution in [0, 0.1) is 0 Å². The van der Waals surface area contributed by atoms with Gasteiger partial charge in [-0.3, -0.25) is 0 Å². The second-order valence-electron chi connectivity index (χ2n) is 7.58. The van der Waals surface area contributed by atoms with Gasteiger partial charge in [0.25, 0.3) is 0 Å². The number of anilines is 1. The van der Waals surface area contributed by atoms with Crippen molar-refractivity contribution in [2.24, 2.45) is 0 Å². The van der Waals surface area contributed by atoms with Crippen molar-refractivity contribution in [2.75, 3.05) is 19.0 Å². The van der Waals surface area contributed by atoms with Gasteiger partial charge >= 0.3 is 0 Å². The largest absolute Gasteiger partial charge is 0.497 e. The molecule has 0 amide bonds. The molecular weight excluding hydrogens is 429 g/mol. The van der Waals surface area contributed by atoms with Crippen molar-refractivity contribution in [3.63, 3.8) is 0 Å². The summed E-state index contributed by atoms with van der Waals surface area (Å²) in [6.07, 6.45) is 0. The molecule has 0 saturated carbocycles. The number of methoxy groups -OCH3 is 1. The maximum atomic E-state index is 15.2. The molecule has 1 N–H and O–H groups in total. The van der Waals surface area contributed by atoms with E-state index >= 15 is 4.57 Å². The third kappa shape index (κ3) is 4.81. The van der Waals surface area contributed by atoms with Crippen LogP contribution in [0.5, 0.6) is 11.5 Å². The summed E-state index contributed by atoms with van der Waals surface area (Å²) >= 11 is 0. The zero-order valence-electron chi connectivity index (χ0n) is 18.8. The third-order valence-corrected chi connectivity index (χ3v) is 8.84. The highest BCUT2D eigenvalue weighted by atomic mass is 31.2. The molecule has 4 aromatic rings. The first kappa shape index (κ1) is 22.7. The molecule has 0 saturated heterocycles. The topological polar surface area (TPSA) is 47.6 Å². The Morgan fingerprint density at radius 2 is 1.30 bits per heavy atom. The fourth-order valence-corrected chi connectivity index (χ4v) is 6.97. The van der Waals surface area contributed by atoms with Crippen LogP contribution in [0.15, 0.2) is 109 Å². The van der Waals surface area contributed by atoms with E-state index in [1.807, 2.05) is 116 Å². The molecule has 4 rings (SSSR count). The van der Waals surface area contributed by atoms with Gasteiger partial charge in [0.15, 0.2) is 7.14 Å². The average molecular weight is 458 g/mol. The summed E-state index contributed by atoms with van der Waals surface area (Å²) in [6.45, 7) is 2.50. The van der Waals surface area contributed by atoms with Crippen molar-refractivity contribution >= 4 is 23.4 Å². The number of rotatable bonds is 9. The number of ether oxygens (including phenoxy) is 2. The standard InChI is InChI=1S/C28H28NO3P/c1-3-32-27-17-11-10-16-26(27)29-28(22-18-20-23(31-2)21-19-22)33(30,24-12-6-4-7-13-24)25-14-8-5-9-15-25/h4-21,28-29H,3H2,1-2H3/t28-/m0/s1. The SMILES string of the molecule is CCOc1ccccc1N[C@H](c1ccc(OC)cc1)P(=O)(c1ccccc1)c1ccccc1. The van der Waals surface area contributed by atoms with Crippen LogP contribution < -0.4 is 25.4 Å². The van der Waals surface area contributed by atoms with Crippen LogP contribution >= 0.6 is 7.14 Å². The Labute approximate surface area is 195 Å². The molecule has 0 unspecified atom stereocenters. The molecule has 0 spiro atoms. The summed E-state index contributed by atoms with van der Waals surface area (Å²) in [4.78, 5) is 0. The Hall–Kier alpha value is -3.49. The first-order valence-corrected chi connectivity index (χ1v) is 12.8. The van der Waals surface area contributed by atoms with Crippen molar-refractivity contribution < 1.29 is 14.0 Å². The van der Waals surface area contributed by atoms with Gasteiger partial charge in [-0.25, -0.2) is 0 Å². The zero-order valence-corrected chi connectivity index (χ0v) is 19.7. The number of hydrogen-bond donors (Lipinski definition) is 1. The van der Waals surface area contributed by atoms with E-state index in [1.54, 1.807) is 7.11 Å². The zero-order chi connectivity index (χ0) is 23.1. The summed E-state index contributed by atoms with van der Waals surface area (Å²) in [7, 11) is -1.55. The van der Waals surface area contributed by atoms with Crippen molar-refractivity contribution in [2.45, 2.75) is 12.7 Å². The molecule has 168 valence electrons. The Morgan fingerprint density at radius 3 is 1.85 bits per heavy atom. The smallest absolute Gasteiger partial charge is 0.168 e. The van der Waals surface area contributed by atoms with Crippen LogP contribution in [0.25, 0.3) is 0 Å². The van der Waals surface area contributed by atoms with E-state index in [1.165, 1.54) is 0 Å². The maximum absolute atomic E-state index is 15.2. The van der Waals surface area contributed by atoms with Crippen LogP contribution in [-0.2, 0) is 4.57 Å². The van der Waals surface area contributed by atoms with Crippen LogP contribution in [-0.4, -0.2) is 13.7 Å². The quantitative estimate of drug-likeness (QED) is 0.303. The van der Waals surface area contributed by atoms with Gasteiger partial charge in [-0.05, 0) is 36.8 Å². The number of benzene rings is 4. The second kappa shape index (κ2) is 10.4. The molecule has 5 heteroatoms. The molecule has 0 fully saturated rings. The van der Waals surface area contributed by atoms with Crippen molar-refractivity contribution in [1.82, 2.24) is 0 Å². The molecule has 4 aromatic carbocycles. The first-order valence-electron chi connectivity index (χ1n) is 11.0. The van der Waals surface area contributed by atoms with Gasteiger partial charge in [-0.15, -0.1) is 0 Å². The molecular formula is C28H28NO3P. The molecule has 0 aliphatic heterocycles. The van der Waals surface area contributed by atoms with Gasteiger partial charge < -0.3 is 19.4 Å². The summed E-state index contributed by atoms with van der Waals surface area (Å²) in [5.74, 6) is 0.961. The predicted octanol–water partition coefficient (Wildman–Crippen LogP) is 6.22. The monoisotopic (exact) mass is 457 g/mol. The summed E-state index contributed by atoms with van der Waals surface area (Å²) in [5.41, 5.74) is 1.70. The molecule has 33 heavy (non-hydrogen) atoms. The van der Waals surface area contributed by atoms with Crippen LogP contribution in [0.2, 0.25) is 0 Å². The molecule has 0 heterocycles.